The number of nitrogens with two attached hydrogens (primary N) is 2. The number of para-hydroxylation sites is 1. The van der Waals surface area contributed by atoms with Crippen molar-refractivity contribution in [3.63, 3.8) is 0 Å². The van der Waals surface area contributed by atoms with Crippen molar-refractivity contribution in [1.82, 2.24) is 36.9 Å². The average molecular weight is 796 g/mol. The third-order valence-electron chi connectivity index (χ3n) is 8.89. The molecule has 0 unspecified atom stereocenters. The summed E-state index contributed by atoms with van der Waals surface area (Å²) in [6, 6.07) is 9.53. The lowest BCUT2D eigenvalue weighted by Gasteiger charge is -2.25. The van der Waals surface area contributed by atoms with Crippen LogP contribution in [0.15, 0.2) is 60.8 Å². The van der Waals surface area contributed by atoms with Crippen LogP contribution < -0.4 is 43.4 Å². The van der Waals surface area contributed by atoms with Crippen molar-refractivity contribution in [1.29, 1.82) is 0 Å². The number of aromatic amines is 1. The number of hydrogen-bond donors (Lipinski definition) is 10. The molecule has 0 aliphatic carbocycles. The predicted octanol–water partition coefficient (Wildman–Crippen LogP) is -1.27. The predicted molar refractivity (Wildman–Crippen MR) is 213 cm³/mol. The maximum Gasteiger partial charge on any atom is 0.245 e. The summed E-state index contributed by atoms with van der Waals surface area (Å²) in [7, 11) is 0. The monoisotopic (exact) mass is 795 g/mol. The lowest BCUT2D eigenvalue weighted by molar-refractivity contribution is -0.134. The number of H-pyrrole nitrogens is 1. The Labute approximate surface area is 329 Å². The molecule has 0 radical (unpaired) electrons. The van der Waals surface area contributed by atoms with Crippen LogP contribution in [0.4, 0.5) is 0 Å². The molecule has 0 bridgehead atoms. The number of fused-ring (bicyclic) bond motifs is 1. The molecule has 0 aliphatic heterocycles. The number of carbonyl (C=O) groups excluding carboxylic acids is 7. The topological polar surface area (TPSA) is 280 Å². The van der Waals surface area contributed by atoms with E-state index in [-0.39, 0.29) is 19.3 Å². The van der Waals surface area contributed by atoms with Gasteiger partial charge in [0.05, 0.1) is 19.2 Å². The summed E-state index contributed by atoms with van der Waals surface area (Å²) in [5, 5.41) is 25.9. The Morgan fingerprint density at radius 2 is 1.39 bits per heavy atom. The molecule has 3 rings (SSSR count). The van der Waals surface area contributed by atoms with Crippen molar-refractivity contribution in [2.24, 2.45) is 17.4 Å². The Hall–Kier alpha value is -5.46. The molecule has 56 heavy (non-hydrogen) atoms. The first-order chi connectivity index (χ1) is 26.6. The number of carbonyl (C=O) groups is 7. The molecule has 0 saturated heterocycles. The fraction of sp³-hybridized carbons (Fsp3) is 0.447. The number of amides is 7. The second kappa shape index (κ2) is 22.2. The van der Waals surface area contributed by atoms with Crippen LogP contribution in [0.1, 0.15) is 38.3 Å². The molecule has 3 aromatic rings. The molecule has 0 saturated carbocycles. The summed E-state index contributed by atoms with van der Waals surface area (Å²) < 4.78 is 0. The maximum atomic E-state index is 13.3. The minimum Gasteiger partial charge on any atom is -0.394 e. The molecule has 6 atom stereocenters. The number of primary amides is 1. The number of aliphatic hydroxyl groups is 1. The third-order valence-corrected chi connectivity index (χ3v) is 9.54. The molecule has 2 aromatic carbocycles. The van der Waals surface area contributed by atoms with Gasteiger partial charge >= 0.3 is 0 Å². The van der Waals surface area contributed by atoms with Gasteiger partial charge in [-0.1, -0.05) is 62.4 Å². The summed E-state index contributed by atoms with van der Waals surface area (Å²) in [6.07, 6.45) is 4.14. The quantitative estimate of drug-likeness (QED) is 0.0576. The Kier molecular flexibility index (Phi) is 17.8. The van der Waals surface area contributed by atoms with E-state index in [0.717, 1.165) is 16.5 Å². The summed E-state index contributed by atoms with van der Waals surface area (Å²) >= 11 is 1.46. The Bertz CT molecular complexity index is 1820. The molecule has 1 aromatic heterocycles. The fourth-order valence-electron chi connectivity index (χ4n) is 5.67. The number of benzene rings is 2. The highest BCUT2D eigenvalue weighted by atomic mass is 32.2. The number of rotatable bonds is 22. The maximum absolute atomic E-state index is 13.3. The molecule has 304 valence electrons. The molecular weight excluding hydrogens is 743 g/mol. The highest BCUT2D eigenvalue weighted by Crippen LogP contribution is 2.19. The summed E-state index contributed by atoms with van der Waals surface area (Å²) in [5.41, 5.74) is 14.1. The minimum absolute atomic E-state index is 0.0248. The number of thioether (sulfide) groups is 1. The molecule has 0 aliphatic rings. The summed E-state index contributed by atoms with van der Waals surface area (Å²) in [5.74, 6) is -4.99. The first kappa shape index (κ1) is 44.9. The van der Waals surface area contributed by atoms with Gasteiger partial charge in [0.2, 0.25) is 41.4 Å². The van der Waals surface area contributed by atoms with E-state index in [1.54, 1.807) is 50.4 Å². The van der Waals surface area contributed by atoms with Gasteiger partial charge in [0.15, 0.2) is 0 Å². The number of hydrogen-bond acceptors (Lipinski definition) is 10. The molecule has 0 fully saturated rings. The lowest BCUT2D eigenvalue weighted by atomic mass is 10.0. The average Bonchev–Trinajstić information content (AvgIpc) is 3.58. The molecule has 0 spiro atoms. The van der Waals surface area contributed by atoms with Crippen LogP contribution in [0.25, 0.3) is 10.9 Å². The second-order valence-corrected chi connectivity index (χ2v) is 14.6. The van der Waals surface area contributed by atoms with Crippen LogP contribution in [0.2, 0.25) is 0 Å². The van der Waals surface area contributed by atoms with Crippen molar-refractivity contribution < 1.29 is 38.7 Å². The number of aromatic nitrogens is 1. The molecule has 12 N–H and O–H groups in total. The van der Waals surface area contributed by atoms with E-state index < -0.39 is 96.7 Å². The Morgan fingerprint density at radius 1 is 0.750 bits per heavy atom. The van der Waals surface area contributed by atoms with Crippen molar-refractivity contribution in [3.05, 3.63) is 71.9 Å². The minimum atomic E-state index is -1.51. The summed E-state index contributed by atoms with van der Waals surface area (Å²) in [4.78, 5) is 93.5. The van der Waals surface area contributed by atoms with E-state index in [2.05, 4.69) is 36.9 Å². The van der Waals surface area contributed by atoms with E-state index in [0.29, 0.717) is 11.3 Å². The zero-order valence-electron chi connectivity index (χ0n) is 31.9. The van der Waals surface area contributed by atoms with Crippen LogP contribution in [0, 0.1) is 5.92 Å². The zero-order valence-corrected chi connectivity index (χ0v) is 32.7. The van der Waals surface area contributed by atoms with Gasteiger partial charge in [-0.2, -0.15) is 11.8 Å². The second-order valence-electron chi connectivity index (χ2n) is 13.6. The highest BCUT2D eigenvalue weighted by molar-refractivity contribution is 7.98. The highest BCUT2D eigenvalue weighted by Gasteiger charge is 2.31. The zero-order chi connectivity index (χ0) is 41.4. The van der Waals surface area contributed by atoms with E-state index in [9.17, 15) is 38.7 Å². The van der Waals surface area contributed by atoms with E-state index in [4.69, 9.17) is 11.5 Å². The Morgan fingerprint density at radius 3 is 2.04 bits per heavy atom. The van der Waals surface area contributed by atoms with Gasteiger partial charge in [-0.25, -0.2) is 0 Å². The van der Waals surface area contributed by atoms with Crippen molar-refractivity contribution in [2.75, 3.05) is 25.2 Å². The third kappa shape index (κ3) is 13.7. The fourth-order valence-corrected chi connectivity index (χ4v) is 6.14. The van der Waals surface area contributed by atoms with Gasteiger partial charge in [-0.15, -0.1) is 0 Å². The SMILES string of the molecule is CSCC[C@H](NC(=O)[C@H](Cc1ccccc1)NC(=O)[C@H](CO)NC(=O)CNC(=O)[C@@H](NC(=O)[C@H](C)NC(=O)[C@@H](N)Cc1c[nH]c2ccccc12)C(C)C)C(N)=O. The molecular formula is C38H53N9O8S. The van der Waals surface area contributed by atoms with Gasteiger partial charge in [0, 0.05) is 23.5 Å². The Balaban J connectivity index is 1.55. The lowest BCUT2D eigenvalue weighted by Crippen LogP contribution is -2.59. The van der Waals surface area contributed by atoms with Crippen LogP contribution in [0.3, 0.4) is 0 Å². The van der Waals surface area contributed by atoms with Gasteiger partial charge in [0.25, 0.3) is 0 Å². The smallest absolute Gasteiger partial charge is 0.245 e. The van der Waals surface area contributed by atoms with Crippen LogP contribution >= 0.6 is 11.8 Å². The normalized spacial score (nSPS) is 14.3. The number of nitrogens with one attached hydrogen (secondary N) is 7. The largest absolute Gasteiger partial charge is 0.394 e. The van der Waals surface area contributed by atoms with Crippen LogP contribution in [0.5, 0.6) is 0 Å². The van der Waals surface area contributed by atoms with Gasteiger partial charge < -0.3 is 53.5 Å². The first-order valence-corrected chi connectivity index (χ1v) is 19.6. The van der Waals surface area contributed by atoms with Crippen molar-refractivity contribution in [2.45, 2.75) is 76.3 Å². The molecule has 17 nitrogen and oxygen atoms in total. The first-order valence-electron chi connectivity index (χ1n) is 18.2. The van der Waals surface area contributed by atoms with Gasteiger partial charge in [-0.3, -0.25) is 33.6 Å². The van der Waals surface area contributed by atoms with Gasteiger partial charge in [0.1, 0.15) is 30.2 Å². The van der Waals surface area contributed by atoms with E-state index in [1.165, 1.54) is 18.7 Å². The standard InChI is InChI=1S/C38H53N9O8S/c1-21(2)32(47-34(51)22(3)43-35(52)26(39)17-24-18-41-27-13-9-8-12-25(24)27)38(55)42-19-31(49)44-30(20-48)37(54)46-29(16-23-10-6-5-7-11-23)36(53)45-28(33(40)50)14-15-56-4/h5-13,18,21-22,26,28-30,32,41,48H,14-17,19-20,39H2,1-4H3,(H2,40,50)(H,42,55)(H,43,52)(H,44,49)(H,45,53)(H,46,54)(H,47,51)/t22-,26-,28-,29-,30-,32-/m0/s1. The number of aliphatic hydroxyl groups excluding tert-OH is 1. The molecule has 1 heterocycles. The van der Waals surface area contributed by atoms with Crippen molar-refractivity contribution in [3.8, 4) is 0 Å². The van der Waals surface area contributed by atoms with Crippen LogP contribution in [-0.4, -0.2) is 113 Å². The molecule has 18 heteroatoms. The van der Waals surface area contributed by atoms with Crippen molar-refractivity contribution >= 4 is 64.0 Å². The molecule has 7 amide bonds. The van der Waals surface area contributed by atoms with Gasteiger partial charge in [-0.05, 0) is 54.9 Å². The van der Waals surface area contributed by atoms with Crippen LogP contribution in [-0.2, 0) is 46.4 Å². The van der Waals surface area contributed by atoms with E-state index >= 15 is 0 Å². The van der Waals surface area contributed by atoms with E-state index in [1.807, 2.05) is 30.5 Å². The summed E-state index contributed by atoms with van der Waals surface area (Å²) in [6.45, 7) is 3.33.